The summed E-state index contributed by atoms with van der Waals surface area (Å²) in [6, 6.07) is 14.5. The summed E-state index contributed by atoms with van der Waals surface area (Å²) in [7, 11) is 0. The highest BCUT2D eigenvalue weighted by Crippen LogP contribution is 2.23. The molecule has 2 aromatic rings. The quantitative estimate of drug-likeness (QED) is 0.247. The minimum atomic E-state index is 0.209. The van der Waals surface area contributed by atoms with Crippen molar-refractivity contribution in [3.63, 3.8) is 0 Å². The number of unbranched alkanes of at least 4 members (excludes halogenated alkanes) is 4. The maximum atomic E-state index is 13.6. The first-order valence-electron chi connectivity index (χ1n) is 14.6. The summed E-state index contributed by atoms with van der Waals surface area (Å²) in [5.74, 6) is 0.910. The number of rotatable bonds is 16. The standard InChI is InChI=1S/C32H47N3O2S/c1-2-3-6-14-29(23-27-12-7-4-8-13-27)26-35(32(37)24-30-15-11-22-38-30)25-28-17-20-34(21-18-28)31(36)16-9-5-10-19-33/h4,7-8,11-13,15,22-23,28H,2-3,5-6,9-10,14,16-21,24-26,33H2,1H3. The Labute approximate surface area is 234 Å². The maximum absolute atomic E-state index is 13.6. The molecular weight excluding hydrogens is 490 g/mol. The van der Waals surface area contributed by atoms with E-state index in [-0.39, 0.29) is 11.8 Å². The molecule has 2 heterocycles. The molecule has 0 atom stereocenters. The molecule has 1 aromatic heterocycles. The molecule has 2 N–H and O–H groups in total. The lowest BCUT2D eigenvalue weighted by Gasteiger charge is -2.35. The molecule has 0 spiro atoms. The van der Waals surface area contributed by atoms with Crippen LogP contribution in [-0.2, 0) is 16.0 Å². The molecule has 38 heavy (non-hydrogen) atoms. The van der Waals surface area contributed by atoms with Crippen LogP contribution in [0, 0.1) is 5.92 Å². The summed E-state index contributed by atoms with van der Waals surface area (Å²) < 4.78 is 0. The van der Waals surface area contributed by atoms with Gasteiger partial charge in [0.1, 0.15) is 0 Å². The van der Waals surface area contributed by atoms with E-state index in [1.165, 1.54) is 24.0 Å². The largest absolute Gasteiger partial charge is 0.343 e. The monoisotopic (exact) mass is 537 g/mol. The molecule has 5 nitrogen and oxygen atoms in total. The number of nitrogens with two attached hydrogens (primary N) is 1. The first kappa shape index (κ1) is 30.1. The summed E-state index contributed by atoms with van der Waals surface area (Å²) in [6.45, 7) is 5.98. The van der Waals surface area contributed by atoms with Crippen LogP contribution in [0.5, 0.6) is 0 Å². The zero-order chi connectivity index (χ0) is 27.0. The molecule has 3 rings (SSSR count). The van der Waals surface area contributed by atoms with E-state index in [4.69, 9.17) is 5.73 Å². The van der Waals surface area contributed by atoms with Crippen LogP contribution in [-0.4, -0.2) is 54.3 Å². The second-order valence-electron chi connectivity index (χ2n) is 10.6. The first-order chi connectivity index (χ1) is 18.6. The van der Waals surface area contributed by atoms with Crippen molar-refractivity contribution in [1.82, 2.24) is 9.80 Å². The van der Waals surface area contributed by atoms with Gasteiger partial charge in [-0.3, -0.25) is 9.59 Å². The molecule has 1 fully saturated rings. The summed E-state index contributed by atoms with van der Waals surface area (Å²) >= 11 is 1.65. The zero-order valence-corrected chi connectivity index (χ0v) is 24.1. The van der Waals surface area contributed by atoms with E-state index < -0.39 is 0 Å². The molecular formula is C32H47N3O2S. The molecule has 0 aliphatic carbocycles. The number of nitrogens with zero attached hydrogens (tertiary/aromatic N) is 2. The van der Waals surface area contributed by atoms with Crippen molar-refractivity contribution in [2.24, 2.45) is 11.7 Å². The topological polar surface area (TPSA) is 66.6 Å². The van der Waals surface area contributed by atoms with Crippen molar-refractivity contribution in [2.45, 2.75) is 77.6 Å². The second kappa shape index (κ2) is 17.2. The van der Waals surface area contributed by atoms with E-state index in [2.05, 4.69) is 48.2 Å². The Morgan fingerprint density at radius 2 is 1.76 bits per heavy atom. The van der Waals surface area contributed by atoms with Crippen molar-refractivity contribution >= 4 is 29.2 Å². The van der Waals surface area contributed by atoms with E-state index in [0.717, 1.165) is 69.5 Å². The van der Waals surface area contributed by atoms with Crippen LogP contribution in [0.1, 0.15) is 81.6 Å². The SMILES string of the molecule is CCCCCC(=Cc1ccccc1)CN(CC1CCN(C(=O)CCCCCN)CC1)C(=O)Cc1cccs1. The van der Waals surface area contributed by atoms with Gasteiger partial charge in [-0.15, -0.1) is 11.3 Å². The van der Waals surface area contributed by atoms with Gasteiger partial charge in [0.05, 0.1) is 6.42 Å². The molecule has 0 saturated carbocycles. The van der Waals surface area contributed by atoms with Crippen LogP contribution in [0.2, 0.25) is 0 Å². The fourth-order valence-corrected chi connectivity index (χ4v) is 5.89. The average Bonchev–Trinajstić information content (AvgIpc) is 3.44. The van der Waals surface area contributed by atoms with Crippen molar-refractivity contribution in [2.75, 3.05) is 32.7 Å². The third-order valence-electron chi connectivity index (χ3n) is 7.46. The lowest BCUT2D eigenvalue weighted by molar-refractivity contribution is -0.134. The number of hydrogen-bond acceptors (Lipinski definition) is 4. The molecule has 6 heteroatoms. The van der Waals surface area contributed by atoms with Gasteiger partial charge in [-0.05, 0) is 68.0 Å². The van der Waals surface area contributed by atoms with Gasteiger partial charge in [-0.1, -0.05) is 74.2 Å². The van der Waals surface area contributed by atoms with E-state index in [0.29, 0.717) is 31.8 Å². The molecule has 1 aliphatic heterocycles. The highest BCUT2D eigenvalue weighted by molar-refractivity contribution is 7.10. The molecule has 2 amide bonds. The van der Waals surface area contributed by atoms with Gasteiger partial charge in [-0.25, -0.2) is 0 Å². The molecule has 1 aromatic carbocycles. The van der Waals surface area contributed by atoms with E-state index >= 15 is 0 Å². The number of benzene rings is 1. The van der Waals surface area contributed by atoms with Gasteiger partial charge in [0, 0.05) is 37.5 Å². The lowest BCUT2D eigenvalue weighted by atomic mass is 9.95. The highest BCUT2D eigenvalue weighted by Gasteiger charge is 2.26. The van der Waals surface area contributed by atoms with Crippen molar-refractivity contribution < 1.29 is 9.59 Å². The summed E-state index contributed by atoms with van der Waals surface area (Å²) in [5, 5.41) is 2.04. The Morgan fingerprint density at radius 1 is 1.00 bits per heavy atom. The number of carbonyl (C=O) groups excluding carboxylic acids is 2. The van der Waals surface area contributed by atoms with E-state index in [1.54, 1.807) is 11.3 Å². The minimum absolute atomic E-state index is 0.209. The summed E-state index contributed by atoms with van der Waals surface area (Å²) in [4.78, 5) is 31.5. The highest BCUT2D eigenvalue weighted by atomic mass is 32.1. The normalized spacial score (nSPS) is 14.6. The number of likely N-dealkylation sites (tertiary alicyclic amines) is 1. The zero-order valence-electron chi connectivity index (χ0n) is 23.3. The molecule has 0 radical (unpaired) electrons. The maximum Gasteiger partial charge on any atom is 0.228 e. The van der Waals surface area contributed by atoms with Gasteiger partial charge < -0.3 is 15.5 Å². The Morgan fingerprint density at radius 3 is 2.45 bits per heavy atom. The Bertz CT molecular complexity index is 966. The van der Waals surface area contributed by atoms with Gasteiger partial charge in [0.15, 0.2) is 0 Å². The third-order valence-corrected chi connectivity index (χ3v) is 8.34. The lowest BCUT2D eigenvalue weighted by Crippen LogP contribution is -2.43. The summed E-state index contributed by atoms with van der Waals surface area (Å²) in [5.41, 5.74) is 8.10. The Kier molecular flexibility index (Phi) is 13.6. The van der Waals surface area contributed by atoms with Gasteiger partial charge in [0.25, 0.3) is 0 Å². The van der Waals surface area contributed by atoms with Crippen LogP contribution < -0.4 is 5.73 Å². The molecule has 0 unspecified atom stereocenters. The van der Waals surface area contributed by atoms with Crippen LogP contribution in [0.15, 0.2) is 53.4 Å². The minimum Gasteiger partial charge on any atom is -0.343 e. The number of thiophene rings is 1. The predicted octanol–water partition coefficient (Wildman–Crippen LogP) is 6.54. The molecule has 1 aliphatic rings. The number of hydrogen-bond donors (Lipinski definition) is 1. The third kappa shape index (κ3) is 10.7. The van der Waals surface area contributed by atoms with Crippen molar-refractivity contribution in [3.05, 3.63) is 63.9 Å². The fraction of sp³-hybridized carbons (Fsp3) is 0.562. The van der Waals surface area contributed by atoms with E-state index in [1.807, 2.05) is 22.4 Å². The molecule has 1 saturated heterocycles. The average molecular weight is 538 g/mol. The van der Waals surface area contributed by atoms with Gasteiger partial charge >= 0.3 is 0 Å². The van der Waals surface area contributed by atoms with E-state index in [9.17, 15) is 9.59 Å². The van der Waals surface area contributed by atoms with Crippen molar-refractivity contribution in [3.8, 4) is 0 Å². The fourth-order valence-electron chi connectivity index (χ4n) is 5.19. The van der Waals surface area contributed by atoms with Crippen LogP contribution in [0.4, 0.5) is 0 Å². The molecule has 0 bridgehead atoms. The number of piperidine rings is 1. The first-order valence-corrected chi connectivity index (χ1v) is 15.5. The smallest absolute Gasteiger partial charge is 0.228 e. The Hall–Kier alpha value is -2.44. The predicted molar refractivity (Wildman–Crippen MR) is 160 cm³/mol. The van der Waals surface area contributed by atoms with Gasteiger partial charge in [-0.2, -0.15) is 0 Å². The molecule has 208 valence electrons. The number of amides is 2. The van der Waals surface area contributed by atoms with Crippen molar-refractivity contribution in [1.29, 1.82) is 0 Å². The summed E-state index contributed by atoms with van der Waals surface area (Å²) in [6.07, 6.45) is 12.8. The van der Waals surface area contributed by atoms with Crippen LogP contribution >= 0.6 is 11.3 Å². The number of carbonyl (C=O) groups is 2. The second-order valence-corrected chi connectivity index (χ2v) is 11.7. The van der Waals surface area contributed by atoms with Crippen LogP contribution in [0.25, 0.3) is 6.08 Å². The van der Waals surface area contributed by atoms with Gasteiger partial charge in [0.2, 0.25) is 11.8 Å². The Balaban J connectivity index is 1.65. The van der Waals surface area contributed by atoms with Crippen LogP contribution in [0.3, 0.4) is 0 Å².